The van der Waals surface area contributed by atoms with E-state index in [-0.39, 0.29) is 12.4 Å². The maximum absolute atomic E-state index is 13.4. The minimum Gasteiger partial charge on any atom is -0.486 e. The van der Waals surface area contributed by atoms with E-state index in [1.54, 1.807) is 0 Å². The van der Waals surface area contributed by atoms with Crippen molar-refractivity contribution in [2.75, 3.05) is 6.54 Å². The Labute approximate surface area is 116 Å². The van der Waals surface area contributed by atoms with Crippen molar-refractivity contribution in [1.82, 2.24) is 0 Å². The van der Waals surface area contributed by atoms with Gasteiger partial charge in [0, 0.05) is 11.6 Å². The van der Waals surface area contributed by atoms with E-state index in [2.05, 4.69) is 11.8 Å². The van der Waals surface area contributed by atoms with Gasteiger partial charge in [0.25, 0.3) is 0 Å². The van der Waals surface area contributed by atoms with Gasteiger partial charge >= 0.3 is 0 Å². The third-order valence-electron chi connectivity index (χ3n) is 2.58. The molecule has 0 aromatic heterocycles. The Morgan fingerprint density at radius 1 is 1.05 bits per heavy atom. The first-order valence-corrected chi connectivity index (χ1v) is 6.05. The summed E-state index contributed by atoms with van der Waals surface area (Å²) in [6, 6.07) is 10.4. The van der Waals surface area contributed by atoms with Crippen molar-refractivity contribution < 1.29 is 13.5 Å². The van der Waals surface area contributed by atoms with Crippen LogP contribution in [0.4, 0.5) is 8.78 Å². The molecule has 0 fully saturated rings. The van der Waals surface area contributed by atoms with Gasteiger partial charge in [-0.15, -0.1) is 0 Å². The van der Waals surface area contributed by atoms with E-state index in [0.29, 0.717) is 6.54 Å². The number of hydrogen-bond donors (Lipinski definition) is 1. The fraction of sp³-hybridized carbons (Fsp3) is 0.125. The van der Waals surface area contributed by atoms with Gasteiger partial charge in [0.2, 0.25) is 0 Å². The van der Waals surface area contributed by atoms with E-state index < -0.39 is 11.6 Å². The molecule has 102 valence electrons. The molecule has 0 heterocycles. The van der Waals surface area contributed by atoms with Crippen molar-refractivity contribution >= 4 is 0 Å². The molecule has 2 aromatic rings. The fourth-order valence-electron chi connectivity index (χ4n) is 1.59. The molecule has 0 amide bonds. The van der Waals surface area contributed by atoms with Gasteiger partial charge in [-0.25, -0.2) is 8.78 Å². The number of benzene rings is 2. The third-order valence-corrected chi connectivity index (χ3v) is 2.58. The van der Waals surface area contributed by atoms with Crippen LogP contribution in [0.5, 0.6) is 5.75 Å². The predicted octanol–water partition coefficient (Wildman–Crippen LogP) is 2.85. The molecule has 0 aliphatic heterocycles. The summed E-state index contributed by atoms with van der Waals surface area (Å²) < 4.78 is 31.6. The molecule has 0 radical (unpaired) electrons. The van der Waals surface area contributed by atoms with Gasteiger partial charge in [0.15, 0.2) is 11.6 Å². The van der Waals surface area contributed by atoms with E-state index in [9.17, 15) is 8.78 Å². The van der Waals surface area contributed by atoms with Gasteiger partial charge in [-0.2, -0.15) is 0 Å². The van der Waals surface area contributed by atoms with Gasteiger partial charge < -0.3 is 10.5 Å². The smallest absolute Gasteiger partial charge is 0.165 e. The monoisotopic (exact) mass is 273 g/mol. The fourth-order valence-corrected chi connectivity index (χ4v) is 1.59. The Balaban J connectivity index is 2.02. The van der Waals surface area contributed by atoms with Crippen LogP contribution < -0.4 is 10.5 Å². The highest BCUT2D eigenvalue weighted by Crippen LogP contribution is 2.19. The highest BCUT2D eigenvalue weighted by molar-refractivity contribution is 5.36. The molecule has 4 heteroatoms. The van der Waals surface area contributed by atoms with Crippen LogP contribution in [0.3, 0.4) is 0 Å². The van der Waals surface area contributed by atoms with Crippen LogP contribution in [-0.2, 0) is 6.61 Å². The molecule has 0 atom stereocenters. The summed E-state index contributed by atoms with van der Waals surface area (Å²) in [5.41, 5.74) is 6.97. The second kappa shape index (κ2) is 6.69. The summed E-state index contributed by atoms with van der Waals surface area (Å²) in [5, 5.41) is 0. The molecule has 0 saturated carbocycles. The molecule has 2 rings (SSSR count). The quantitative estimate of drug-likeness (QED) is 0.873. The minimum absolute atomic E-state index is 0.100. The van der Waals surface area contributed by atoms with Crippen LogP contribution in [-0.4, -0.2) is 6.54 Å². The molecule has 2 nitrogen and oxygen atoms in total. The molecular formula is C16H13F2NO. The van der Waals surface area contributed by atoms with E-state index >= 15 is 0 Å². The Morgan fingerprint density at radius 3 is 2.50 bits per heavy atom. The van der Waals surface area contributed by atoms with Crippen molar-refractivity contribution in [2.45, 2.75) is 6.61 Å². The normalized spacial score (nSPS) is 9.75. The summed E-state index contributed by atoms with van der Waals surface area (Å²) in [5.74, 6) is 4.43. The summed E-state index contributed by atoms with van der Waals surface area (Å²) in [4.78, 5) is 0. The number of nitrogens with two attached hydrogens (primary N) is 1. The maximum Gasteiger partial charge on any atom is 0.165 e. The second-order valence-electron chi connectivity index (χ2n) is 4.07. The van der Waals surface area contributed by atoms with Crippen molar-refractivity contribution in [2.24, 2.45) is 5.73 Å². The van der Waals surface area contributed by atoms with Crippen LogP contribution in [0.25, 0.3) is 0 Å². The molecular weight excluding hydrogens is 260 g/mol. The molecule has 0 aliphatic carbocycles. The van der Waals surface area contributed by atoms with Crippen LogP contribution in [0, 0.1) is 23.5 Å². The lowest BCUT2D eigenvalue weighted by Gasteiger charge is -2.07. The zero-order chi connectivity index (χ0) is 14.4. The molecule has 2 N–H and O–H groups in total. The Hall–Kier alpha value is -2.38. The van der Waals surface area contributed by atoms with Gasteiger partial charge in [0.05, 0.1) is 6.54 Å². The lowest BCUT2D eigenvalue weighted by molar-refractivity contribution is 0.288. The number of ether oxygens (including phenoxy) is 1. The highest BCUT2D eigenvalue weighted by atomic mass is 19.1. The van der Waals surface area contributed by atoms with Crippen molar-refractivity contribution in [3.63, 3.8) is 0 Å². The highest BCUT2D eigenvalue weighted by Gasteiger charge is 2.05. The molecule has 0 unspecified atom stereocenters. The standard InChI is InChI=1S/C16H13F2NO/c17-14-7-8-15(18)16(10-14)20-11-13-5-3-12(4-6-13)2-1-9-19/h3-8,10H,9,11,19H2. The lowest BCUT2D eigenvalue weighted by Crippen LogP contribution is -1.98. The Kier molecular flexibility index (Phi) is 4.70. The Bertz CT molecular complexity index is 642. The summed E-state index contributed by atoms with van der Waals surface area (Å²) in [7, 11) is 0. The topological polar surface area (TPSA) is 35.2 Å². The zero-order valence-electron chi connectivity index (χ0n) is 10.7. The molecule has 2 aromatic carbocycles. The van der Waals surface area contributed by atoms with Gasteiger partial charge in [0.1, 0.15) is 12.4 Å². The average molecular weight is 273 g/mol. The first-order chi connectivity index (χ1) is 9.69. The maximum atomic E-state index is 13.4. The molecule has 0 saturated heterocycles. The minimum atomic E-state index is -0.586. The van der Waals surface area contributed by atoms with Crippen molar-refractivity contribution in [1.29, 1.82) is 0 Å². The molecule has 0 bridgehead atoms. The van der Waals surface area contributed by atoms with E-state index in [1.165, 1.54) is 0 Å². The van der Waals surface area contributed by atoms with E-state index in [4.69, 9.17) is 10.5 Å². The molecule has 0 spiro atoms. The summed E-state index contributed by atoms with van der Waals surface area (Å²) in [6.07, 6.45) is 0. The van der Waals surface area contributed by atoms with Crippen LogP contribution >= 0.6 is 0 Å². The molecule has 20 heavy (non-hydrogen) atoms. The third kappa shape index (κ3) is 3.81. The summed E-state index contributed by atoms with van der Waals surface area (Å²) in [6.45, 7) is 0.467. The summed E-state index contributed by atoms with van der Waals surface area (Å²) >= 11 is 0. The zero-order valence-corrected chi connectivity index (χ0v) is 10.7. The van der Waals surface area contributed by atoms with Crippen molar-refractivity contribution in [3.05, 3.63) is 65.2 Å². The first kappa shape index (κ1) is 14.0. The van der Waals surface area contributed by atoms with Gasteiger partial charge in [-0.3, -0.25) is 0 Å². The number of rotatable bonds is 3. The predicted molar refractivity (Wildman–Crippen MR) is 73.1 cm³/mol. The van der Waals surface area contributed by atoms with Gasteiger partial charge in [-0.1, -0.05) is 24.0 Å². The SMILES string of the molecule is NCC#Cc1ccc(COc2cc(F)ccc2F)cc1. The number of hydrogen-bond acceptors (Lipinski definition) is 2. The van der Waals surface area contributed by atoms with Crippen molar-refractivity contribution in [3.8, 4) is 17.6 Å². The average Bonchev–Trinajstić information content (AvgIpc) is 2.47. The molecule has 0 aliphatic rings. The largest absolute Gasteiger partial charge is 0.486 e. The van der Waals surface area contributed by atoms with E-state index in [1.807, 2.05) is 24.3 Å². The van der Waals surface area contributed by atoms with E-state index in [0.717, 1.165) is 29.3 Å². The van der Waals surface area contributed by atoms with Crippen LogP contribution in [0.2, 0.25) is 0 Å². The first-order valence-electron chi connectivity index (χ1n) is 6.05. The van der Waals surface area contributed by atoms with Crippen LogP contribution in [0.1, 0.15) is 11.1 Å². The lowest BCUT2D eigenvalue weighted by atomic mass is 10.1. The Morgan fingerprint density at radius 2 is 1.80 bits per heavy atom. The number of halogens is 2. The second-order valence-corrected chi connectivity index (χ2v) is 4.07. The van der Waals surface area contributed by atoms with Gasteiger partial charge in [-0.05, 0) is 29.8 Å². The van der Waals surface area contributed by atoms with Crippen LogP contribution in [0.15, 0.2) is 42.5 Å².